The highest BCUT2D eigenvalue weighted by atomic mass is 32.2. The Kier molecular flexibility index (Phi) is 4.95. The molecular weight excluding hydrogens is 240 g/mol. The van der Waals surface area contributed by atoms with Crippen LogP contribution in [0, 0.1) is 0 Å². The van der Waals surface area contributed by atoms with Crippen LogP contribution in [0.15, 0.2) is 0 Å². The van der Waals surface area contributed by atoms with Crippen molar-refractivity contribution >= 4 is 9.84 Å². The molecule has 1 saturated heterocycles. The minimum Gasteiger partial charge on any atom is -0.378 e. The lowest BCUT2D eigenvalue weighted by atomic mass is 9.96. The predicted molar refractivity (Wildman–Crippen MR) is 68.2 cm³/mol. The van der Waals surface area contributed by atoms with Gasteiger partial charge in [0.15, 0.2) is 9.84 Å². The second-order valence-electron chi connectivity index (χ2n) is 5.31. The molecule has 0 saturated carbocycles. The molecule has 6 heteroatoms. The molecule has 1 fully saturated rings. The molecule has 0 spiro atoms. The molecule has 0 aromatic heterocycles. The van der Waals surface area contributed by atoms with Crippen LogP contribution in [0.25, 0.3) is 0 Å². The maximum Gasteiger partial charge on any atom is 0.154 e. The normalized spacial score (nSPS) is 23.9. The Hall–Kier alpha value is -0.170. The number of hydrazine groups is 1. The summed E-state index contributed by atoms with van der Waals surface area (Å²) in [7, 11) is -3.14. The van der Waals surface area contributed by atoms with Crippen molar-refractivity contribution in [3.8, 4) is 0 Å². The van der Waals surface area contributed by atoms with Crippen LogP contribution in [-0.2, 0) is 14.6 Å². The average molecular weight is 264 g/mol. The van der Waals surface area contributed by atoms with E-state index in [0.717, 1.165) is 25.9 Å². The molecule has 17 heavy (non-hydrogen) atoms. The summed E-state index contributed by atoms with van der Waals surface area (Å²) in [5.74, 6) is 5.49. The van der Waals surface area contributed by atoms with Crippen LogP contribution >= 0.6 is 0 Å². The Morgan fingerprint density at radius 3 is 2.59 bits per heavy atom. The molecule has 1 aliphatic heterocycles. The van der Waals surface area contributed by atoms with E-state index in [1.54, 1.807) is 13.8 Å². The lowest BCUT2D eigenvalue weighted by Gasteiger charge is -2.32. The Bertz CT molecular complexity index is 335. The van der Waals surface area contributed by atoms with Gasteiger partial charge in [-0.25, -0.2) is 8.42 Å². The molecule has 1 aliphatic rings. The monoisotopic (exact) mass is 264 g/mol. The zero-order chi connectivity index (χ0) is 13.1. The van der Waals surface area contributed by atoms with Gasteiger partial charge in [0.1, 0.15) is 0 Å². The third-order valence-electron chi connectivity index (χ3n) is 3.80. The van der Waals surface area contributed by atoms with Crippen LogP contribution in [-0.4, -0.2) is 38.2 Å². The van der Waals surface area contributed by atoms with Crippen LogP contribution in [0.5, 0.6) is 0 Å². The fourth-order valence-electron chi connectivity index (χ4n) is 2.11. The zero-order valence-electron chi connectivity index (χ0n) is 10.9. The van der Waals surface area contributed by atoms with Gasteiger partial charge in [0.2, 0.25) is 0 Å². The minimum atomic E-state index is -3.14. The number of hydrogen-bond acceptors (Lipinski definition) is 5. The number of nitrogens with one attached hydrogen (secondary N) is 1. The fourth-order valence-corrected chi connectivity index (χ4v) is 2.82. The van der Waals surface area contributed by atoms with E-state index in [0.29, 0.717) is 6.42 Å². The van der Waals surface area contributed by atoms with Crippen molar-refractivity contribution in [2.24, 2.45) is 5.84 Å². The first kappa shape index (κ1) is 14.9. The SMILES string of the molecule is CC(C)(C(CCC1CCCO1)NN)S(C)(=O)=O. The van der Waals surface area contributed by atoms with Crippen LogP contribution < -0.4 is 11.3 Å². The van der Waals surface area contributed by atoms with Crippen molar-refractivity contribution in [1.82, 2.24) is 5.43 Å². The zero-order valence-corrected chi connectivity index (χ0v) is 11.7. The lowest BCUT2D eigenvalue weighted by Crippen LogP contribution is -2.54. The molecule has 0 radical (unpaired) electrons. The summed E-state index contributed by atoms with van der Waals surface area (Å²) in [5, 5.41) is 0. The second-order valence-corrected chi connectivity index (χ2v) is 7.90. The summed E-state index contributed by atoms with van der Waals surface area (Å²) in [6.07, 6.45) is 5.25. The first-order chi connectivity index (χ1) is 7.79. The summed E-state index contributed by atoms with van der Waals surface area (Å²) in [5.41, 5.74) is 2.64. The molecule has 2 atom stereocenters. The van der Waals surface area contributed by atoms with Crippen LogP contribution in [0.2, 0.25) is 0 Å². The van der Waals surface area contributed by atoms with E-state index in [9.17, 15) is 8.42 Å². The molecule has 3 N–H and O–H groups in total. The number of rotatable bonds is 6. The van der Waals surface area contributed by atoms with Gasteiger partial charge < -0.3 is 4.74 Å². The lowest BCUT2D eigenvalue weighted by molar-refractivity contribution is 0.0984. The van der Waals surface area contributed by atoms with E-state index in [-0.39, 0.29) is 12.1 Å². The Morgan fingerprint density at radius 1 is 1.53 bits per heavy atom. The summed E-state index contributed by atoms with van der Waals surface area (Å²) in [6.45, 7) is 4.24. The van der Waals surface area contributed by atoms with Gasteiger partial charge in [0, 0.05) is 18.9 Å². The predicted octanol–water partition coefficient (Wildman–Crippen LogP) is 0.601. The largest absolute Gasteiger partial charge is 0.378 e. The number of hydrogen-bond donors (Lipinski definition) is 2. The van der Waals surface area contributed by atoms with Gasteiger partial charge >= 0.3 is 0 Å². The topological polar surface area (TPSA) is 81.4 Å². The van der Waals surface area contributed by atoms with Gasteiger partial charge in [-0.3, -0.25) is 11.3 Å². The average Bonchev–Trinajstić information content (AvgIpc) is 2.69. The van der Waals surface area contributed by atoms with Crippen LogP contribution in [0.3, 0.4) is 0 Å². The third kappa shape index (κ3) is 3.64. The third-order valence-corrected chi connectivity index (χ3v) is 5.99. The highest BCUT2D eigenvalue weighted by molar-refractivity contribution is 7.92. The Labute approximate surface area is 104 Å². The van der Waals surface area contributed by atoms with Gasteiger partial charge in [-0.2, -0.15) is 0 Å². The molecule has 1 rings (SSSR count). The molecule has 0 amide bonds. The molecule has 5 nitrogen and oxygen atoms in total. The minimum absolute atomic E-state index is 0.248. The number of sulfone groups is 1. The quantitative estimate of drug-likeness (QED) is 0.542. The maximum atomic E-state index is 11.7. The molecule has 0 aliphatic carbocycles. The van der Waals surface area contributed by atoms with Crippen molar-refractivity contribution in [3.63, 3.8) is 0 Å². The highest BCUT2D eigenvalue weighted by Gasteiger charge is 2.38. The molecule has 0 aromatic rings. The molecule has 2 unspecified atom stereocenters. The van der Waals surface area contributed by atoms with Crippen molar-refractivity contribution < 1.29 is 13.2 Å². The van der Waals surface area contributed by atoms with Gasteiger partial charge in [-0.05, 0) is 39.5 Å². The standard InChI is InChI=1S/C11H24N2O3S/c1-11(2,17(3,14)15)10(13-12)7-6-9-5-4-8-16-9/h9-10,13H,4-8,12H2,1-3H3. The van der Waals surface area contributed by atoms with E-state index in [4.69, 9.17) is 10.6 Å². The molecule has 0 aromatic carbocycles. The molecule has 102 valence electrons. The van der Waals surface area contributed by atoms with E-state index in [2.05, 4.69) is 5.43 Å². The maximum absolute atomic E-state index is 11.7. The van der Waals surface area contributed by atoms with E-state index in [1.807, 2.05) is 0 Å². The van der Waals surface area contributed by atoms with Crippen LogP contribution in [0.4, 0.5) is 0 Å². The van der Waals surface area contributed by atoms with E-state index >= 15 is 0 Å². The fraction of sp³-hybridized carbons (Fsp3) is 1.00. The smallest absolute Gasteiger partial charge is 0.154 e. The molecule has 0 bridgehead atoms. The van der Waals surface area contributed by atoms with Crippen molar-refractivity contribution in [3.05, 3.63) is 0 Å². The van der Waals surface area contributed by atoms with E-state index in [1.165, 1.54) is 6.26 Å². The molecular formula is C11H24N2O3S. The highest BCUT2D eigenvalue weighted by Crippen LogP contribution is 2.25. The summed E-state index contributed by atoms with van der Waals surface area (Å²) < 4.78 is 28.1. The Morgan fingerprint density at radius 2 is 2.18 bits per heavy atom. The molecule has 1 heterocycles. The van der Waals surface area contributed by atoms with Crippen molar-refractivity contribution in [1.29, 1.82) is 0 Å². The second kappa shape index (κ2) is 5.65. The van der Waals surface area contributed by atoms with Gasteiger partial charge in [0.05, 0.1) is 10.9 Å². The van der Waals surface area contributed by atoms with Gasteiger partial charge in [-0.1, -0.05) is 0 Å². The first-order valence-corrected chi connectivity index (χ1v) is 7.95. The Balaban J connectivity index is 2.58. The van der Waals surface area contributed by atoms with E-state index < -0.39 is 14.6 Å². The van der Waals surface area contributed by atoms with Crippen LogP contribution in [0.1, 0.15) is 39.5 Å². The van der Waals surface area contributed by atoms with Gasteiger partial charge in [0.25, 0.3) is 0 Å². The number of nitrogens with two attached hydrogens (primary N) is 1. The summed E-state index contributed by atoms with van der Waals surface area (Å²) in [4.78, 5) is 0. The summed E-state index contributed by atoms with van der Waals surface area (Å²) in [6, 6.07) is -0.248. The number of ether oxygens (including phenoxy) is 1. The first-order valence-electron chi connectivity index (χ1n) is 6.06. The summed E-state index contributed by atoms with van der Waals surface area (Å²) >= 11 is 0. The van der Waals surface area contributed by atoms with Crippen molar-refractivity contribution in [2.75, 3.05) is 12.9 Å². The van der Waals surface area contributed by atoms with Gasteiger partial charge in [-0.15, -0.1) is 0 Å². The van der Waals surface area contributed by atoms with Crippen molar-refractivity contribution in [2.45, 2.75) is 56.4 Å².